The molecular formula is C34H31F3O10. The third-order valence-corrected chi connectivity index (χ3v) is 5.94. The van der Waals surface area contributed by atoms with Crippen molar-refractivity contribution in [3.05, 3.63) is 107 Å². The van der Waals surface area contributed by atoms with E-state index in [4.69, 9.17) is 28.4 Å². The average Bonchev–Trinajstić information content (AvgIpc) is 3.05. The van der Waals surface area contributed by atoms with Crippen molar-refractivity contribution in [1.29, 1.82) is 0 Å². The van der Waals surface area contributed by atoms with E-state index in [0.717, 1.165) is 0 Å². The summed E-state index contributed by atoms with van der Waals surface area (Å²) in [6.45, 7) is 10.6. The number of carbonyl (C=O) groups is 4. The Morgan fingerprint density at radius 3 is 1.47 bits per heavy atom. The molecule has 0 aliphatic heterocycles. The van der Waals surface area contributed by atoms with E-state index >= 15 is 0 Å². The van der Waals surface area contributed by atoms with Gasteiger partial charge in [0, 0.05) is 30.1 Å². The van der Waals surface area contributed by atoms with Gasteiger partial charge in [-0.15, -0.1) is 0 Å². The highest BCUT2D eigenvalue weighted by Crippen LogP contribution is 2.32. The molecule has 248 valence electrons. The van der Waals surface area contributed by atoms with Crippen molar-refractivity contribution < 1.29 is 60.8 Å². The predicted molar refractivity (Wildman–Crippen MR) is 161 cm³/mol. The van der Waals surface area contributed by atoms with E-state index in [1.54, 1.807) is 0 Å². The number of benzene rings is 3. The maximum absolute atomic E-state index is 14.7. The fraction of sp³-hybridized carbons (Fsp3) is 0.235. The Morgan fingerprint density at radius 1 is 0.617 bits per heavy atom. The zero-order chi connectivity index (χ0) is 34.5. The van der Waals surface area contributed by atoms with Gasteiger partial charge in [0.05, 0.1) is 37.6 Å². The number of esters is 4. The van der Waals surface area contributed by atoms with Gasteiger partial charge < -0.3 is 28.4 Å². The van der Waals surface area contributed by atoms with Crippen LogP contribution in [0.5, 0.6) is 23.0 Å². The van der Waals surface area contributed by atoms with E-state index < -0.39 is 52.8 Å². The molecule has 3 aromatic rings. The van der Waals surface area contributed by atoms with Gasteiger partial charge in [-0.3, -0.25) is 0 Å². The van der Waals surface area contributed by atoms with Crippen molar-refractivity contribution in [3.63, 3.8) is 0 Å². The van der Waals surface area contributed by atoms with Crippen molar-refractivity contribution in [2.45, 2.75) is 26.7 Å². The Kier molecular flexibility index (Phi) is 13.1. The molecule has 0 spiro atoms. The molecule has 13 heteroatoms. The van der Waals surface area contributed by atoms with E-state index in [0.29, 0.717) is 30.4 Å². The average molecular weight is 657 g/mol. The van der Waals surface area contributed by atoms with Crippen molar-refractivity contribution in [3.8, 4) is 23.0 Å². The zero-order valence-electron chi connectivity index (χ0n) is 25.6. The molecule has 0 amide bonds. The van der Waals surface area contributed by atoms with Crippen molar-refractivity contribution >= 4 is 23.9 Å². The van der Waals surface area contributed by atoms with Gasteiger partial charge in [-0.05, 0) is 62.4 Å². The molecule has 0 aromatic heterocycles. The minimum atomic E-state index is -1.88. The fourth-order valence-corrected chi connectivity index (χ4v) is 3.48. The lowest BCUT2D eigenvalue weighted by Crippen LogP contribution is -2.14. The minimum absolute atomic E-state index is 0.0814. The van der Waals surface area contributed by atoms with Crippen LogP contribution in [0.15, 0.2) is 78.9 Å². The molecule has 0 fully saturated rings. The minimum Gasteiger partial charge on any atom is -0.493 e. The van der Waals surface area contributed by atoms with E-state index in [9.17, 15) is 32.3 Å². The van der Waals surface area contributed by atoms with Crippen molar-refractivity contribution in [1.82, 2.24) is 0 Å². The summed E-state index contributed by atoms with van der Waals surface area (Å²) >= 11 is 0. The third-order valence-electron chi connectivity index (χ3n) is 5.94. The zero-order valence-corrected chi connectivity index (χ0v) is 25.6. The monoisotopic (exact) mass is 656 g/mol. The van der Waals surface area contributed by atoms with Crippen LogP contribution in [0.4, 0.5) is 13.2 Å². The first kappa shape index (κ1) is 35.9. The molecule has 0 heterocycles. The summed E-state index contributed by atoms with van der Waals surface area (Å²) in [5.41, 5.74) is 0.345. The van der Waals surface area contributed by atoms with Gasteiger partial charge in [0.15, 0.2) is 11.6 Å². The SMILES string of the molecule is C=C(C)C(=O)OCCCOc1ccc(C(=O)Oc2cc(F)c(OC(=O)c3ccc(OCCCOC(=O)C(=C)C)cc3)c(F)c2F)cc1. The van der Waals surface area contributed by atoms with Gasteiger partial charge in [0.2, 0.25) is 17.4 Å². The third kappa shape index (κ3) is 10.8. The summed E-state index contributed by atoms with van der Waals surface area (Å²) in [5.74, 6) is -10.2. The quantitative estimate of drug-likeness (QED) is 0.0569. The summed E-state index contributed by atoms with van der Waals surface area (Å²) in [6.07, 6.45) is 0.781. The van der Waals surface area contributed by atoms with Crippen LogP contribution in [-0.4, -0.2) is 50.3 Å². The maximum Gasteiger partial charge on any atom is 0.343 e. The Balaban J connectivity index is 1.52. The van der Waals surface area contributed by atoms with E-state index in [1.165, 1.54) is 62.4 Å². The molecule has 0 radical (unpaired) electrons. The molecule has 0 bridgehead atoms. The number of hydrogen-bond donors (Lipinski definition) is 0. The number of carbonyl (C=O) groups excluding carboxylic acids is 4. The Labute approximate surface area is 268 Å². The van der Waals surface area contributed by atoms with Gasteiger partial charge in [-0.1, -0.05) is 13.2 Å². The molecule has 0 unspecified atom stereocenters. The second-order valence-electron chi connectivity index (χ2n) is 9.88. The molecule has 3 aromatic carbocycles. The number of rotatable bonds is 16. The number of hydrogen-bond acceptors (Lipinski definition) is 10. The standard InChI is InChI=1S/C34H31F3O10/c1-20(2)31(38)44-17-5-15-42-24-11-7-22(8-12-24)33(40)46-27-19-26(35)30(29(37)28(27)36)47-34(41)23-9-13-25(14-10-23)43-16-6-18-45-32(39)21(3)4/h7-14,19H,1,3,5-6,15-18H2,2,4H3. The first-order valence-corrected chi connectivity index (χ1v) is 14.1. The summed E-state index contributed by atoms with van der Waals surface area (Å²) in [4.78, 5) is 47.7. The topological polar surface area (TPSA) is 124 Å². The van der Waals surface area contributed by atoms with Gasteiger partial charge in [-0.25, -0.2) is 23.6 Å². The number of halogens is 3. The van der Waals surface area contributed by atoms with Gasteiger partial charge in [-0.2, -0.15) is 8.78 Å². The van der Waals surface area contributed by atoms with Crippen LogP contribution in [-0.2, 0) is 19.1 Å². The molecule has 0 saturated heterocycles. The van der Waals surface area contributed by atoms with Crippen LogP contribution in [0.25, 0.3) is 0 Å². The summed E-state index contributed by atoms with van der Waals surface area (Å²) in [7, 11) is 0. The van der Waals surface area contributed by atoms with Crippen LogP contribution in [0, 0.1) is 17.5 Å². The molecule has 0 saturated carbocycles. The van der Waals surface area contributed by atoms with Gasteiger partial charge in [0.25, 0.3) is 0 Å². The lowest BCUT2D eigenvalue weighted by atomic mass is 10.2. The smallest absolute Gasteiger partial charge is 0.343 e. The molecule has 10 nitrogen and oxygen atoms in total. The fourth-order valence-electron chi connectivity index (χ4n) is 3.48. The summed E-state index contributed by atoms with van der Waals surface area (Å²) < 4.78 is 74.6. The Morgan fingerprint density at radius 2 is 1.04 bits per heavy atom. The summed E-state index contributed by atoms with van der Waals surface area (Å²) in [6, 6.07) is 11.1. The van der Waals surface area contributed by atoms with E-state index in [1.807, 2.05) is 0 Å². The lowest BCUT2D eigenvalue weighted by Gasteiger charge is -2.12. The predicted octanol–water partition coefficient (Wildman–Crippen LogP) is 6.32. The van der Waals surface area contributed by atoms with Crippen LogP contribution in [0.1, 0.15) is 47.4 Å². The van der Waals surface area contributed by atoms with Crippen LogP contribution in [0.3, 0.4) is 0 Å². The second-order valence-corrected chi connectivity index (χ2v) is 9.88. The lowest BCUT2D eigenvalue weighted by molar-refractivity contribution is -0.140. The molecule has 47 heavy (non-hydrogen) atoms. The number of ether oxygens (including phenoxy) is 6. The highest BCUT2D eigenvalue weighted by Gasteiger charge is 2.26. The highest BCUT2D eigenvalue weighted by molar-refractivity contribution is 5.92. The Bertz CT molecular complexity index is 1630. The van der Waals surface area contributed by atoms with Crippen molar-refractivity contribution in [2.24, 2.45) is 0 Å². The molecule has 0 atom stereocenters. The van der Waals surface area contributed by atoms with Crippen LogP contribution >= 0.6 is 0 Å². The van der Waals surface area contributed by atoms with Gasteiger partial charge >= 0.3 is 23.9 Å². The Hall–Kier alpha value is -5.59. The normalized spacial score (nSPS) is 10.4. The van der Waals surface area contributed by atoms with Crippen LogP contribution in [0.2, 0.25) is 0 Å². The largest absolute Gasteiger partial charge is 0.493 e. The van der Waals surface area contributed by atoms with Gasteiger partial charge in [0.1, 0.15) is 11.5 Å². The first-order chi connectivity index (χ1) is 22.4. The molecular weight excluding hydrogens is 625 g/mol. The van der Waals surface area contributed by atoms with Crippen LogP contribution < -0.4 is 18.9 Å². The molecule has 0 aliphatic carbocycles. The maximum atomic E-state index is 14.7. The highest BCUT2D eigenvalue weighted by atomic mass is 19.2. The molecule has 0 N–H and O–H groups in total. The second kappa shape index (κ2) is 17.2. The van der Waals surface area contributed by atoms with E-state index in [2.05, 4.69) is 13.2 Å². The molecule has 0 aliphatic rings. The van der Waals surface area contributed by atoms with E-state index in [-0.39, 0.29) is 48.7 Å². The first-order valence-electron chi connectivity index (χ1n) is 14.1. The molecule has 3 rings (SSSR count). The van der Waals surface area contributed by atoms with Crippen molar-refractivity contribution in [2.75, 3.05) is 26.4 Å². The summed E-state index contributed by atoms with van der Waals surface area (Å²) in [5, 5.41) is 0.